The summed E-state index contributed by atoms with van der Waals surface area (Å²) >= 11 is 2.29. The summed E-state index contributed by atoms with van der Waals surface area (Å²) in [6.45, 7) is 23.1. The predicted molar refractivity (Wildman–Crippen MR) is 219 cm³/mol. The molecule has 0 aliphatic carbocycles. The van der Waals surface area contributed by atoms with E-state index < -0.39 is 34.3 Å². The van der Waals surface area contributed by atoms with Gasteiger partial charge in [0.2, 0.25) is 0 Å². The molecule has 1 heterocycles. The topological polar surface area (TPSA) is 55.4 Å². The van der Waals surface area contributed by atoms with Gasteiger partial charge >= 0.3 is 0 Å². The lowest BCUT2D eigenvalue weighted by Gasteiger charge is -2.44. The van der Waals surface area contributed by atoms with Gasteiger partial charge in [-0.15, -0.1) is 0 Å². The van der Waals surface area contributed by atoms with E-state index in [2.05, 4.69) is 144 Å². The third-order valence-corrected chi connectivity index (χ3v) is 20.1. The molecule has 0 saturated carbocycles. The van der Waals surface area contributed by atoms with Crippen LogP contribution in [0.5, 0.6) is 5.75 Å². The average molecular weight is 831 g/mol. The molecule has 0 unspecified atom stereocenters. The summed E-state index contributed by atoms with van der Waals surface area (Å²) in [5.74, 6) is 0.00707. The van der Waals surface area contributed by atoms with E-state index in [-0.39, 0.29) is 16.2 Å². The first-order valence-electron chi connectivity index (χ1n) is 17.7. The number of methoxy groups -OCH3 is 1. The summed E-state index contributed by atoms with van der Waals surface area (Å²) in [5, 5.41) is 2.38. The van der Waals surface area contributed by atoms with Crippen LogP contribution < -0.4 is 15.1 Å². The van der Waals surface area contributed by atoms with E-state index >= 15 is 0 Å². The third kappa shape index (κ3) is 9.58. The van der Waals surface area contributed by atoms with Crippen LogP contribution in [0.25, 0.3) is 0 Å². The lowest BCUT2D eigenvalue weighted by Crippen LogP contribution is -2.66. The zero-order valence-corrected chi connectivity index (χ0v) is 36.2. The quantitative estimate of drug-likeness (QED) is 0.0865. The van der Waals surface area contributed by atoms with Crippen molar-refractivity contribution in [3.05, 3.63) is 101 Å². The van der Waals surface area contributed by atoms with Crippen molar-refractivity contribution in [3.8, 4) is 5.75 Å². The SMILES string of the molecule is COc1ccc(CO[C@@H](C[C@H]2OC(C)(C)O[C@@]2(/C=C/I)CCO[Si](c2ccccc2)(c2ccccc2)C(C)(C)C)O[Si](C)(C)C(C)(C)C)cc1. The highest BCUT2D eigenvalue weighted by atomic mass is 127. The molecule has 50 heavy (non-hydrogen) atoms. The Labute approximate surface area is 317 Å². The molecule has 1 saturated heterocycles. The average Bonchev–Trinajstić information content (AvgIpc) is 3.30. The van der Waals surface area contributed by atoms with Gasteiger partial charge in [0.25, 0.3) is 8.32 Å². The molecular weight excluding hydrogens is 772 g/mol. The third-order valence-electron chi connectivity index (χ3n) is 10.2. The van der Waals surface area contributed by atoms with Gasteiger partial charge in [0.1, 0.15) is 11.4 Å². The van der Waals surface area contributed by atoms with Crippen molar-refractivity contribution in [2.45, 2.75) is 122 Å². The Morgan fingerprint density at radius 3 is 1.88 bits per heavy atom. The van der Waals surface area contributed by atoms with Crippen molar-refractivity contribution in [3.63, 3.8) is 0 Å². The molecule has 1 fully saturated rings. The minimum absolute atomic E-state index is 0.00383. The number of ether oxygens (including phenoxy) is 4. The molecule has 274 valence electrons. The summed E-state index contributed by atoms with van der Waals surface area (Å²) in [6, 6.07) is 29.5. The minimum atomic E-state index is -2.75. The second-order valence-electron chi connectivity index (χ2n) is 16.3. The lowest BCUT2D eigenvalue weighted by molar-refractivity contribution is -0.164. The Balaban J connectivity index is 1.67. The Kier molecular flexibility index (Phi) is 13.5. The first kappa shape index (κ1) is 40.9. The number of halogens is 1. The standard InChI is InChI=1S/C41H59IO6Si2/c1-38(2,3)49(10,11)47-37(44-31-32-22-24-33(43-9)25-23-32)30-36-41(26-28-42,48-40(7,8)46-36)27-29-45-50(39(4,5)6,34-18-14-12-15-19-34)35-20-16-13-17-21-35/h12-26,28,36-37H,27,29-31H2,1-11H3/b28-26+/t36-,37-,41+/m1/s1. The van der Waals surface area contributed by atoms with Crippen LogP contribution >= 0.6 is 22.6 Å². The van der Waals surface area contributed by atoms with Gasteiger partial charge in [0, 0.05) is 19.4 Å². The monoisotopic (exact) mass is 830 g/mol. The Hall–Kier alpha value is -1.84. The molecule has 0 bridgehead atoms. The van der Waals surface area contributed by atoms with Crippen molar-refractivity contribution in [2.75, 3.05) is 13.7 Å². The molecule has 0 amide bonds. The maximum Gasteiger partial charge on any atom is 0.261 e. The first-order valence-corrected chi connectivity index (χ1v) is 23.8. The van der Waals surface area contributed by atoms with Crippen LogP contribution in [0.15, 0.2) is 95.1 Å². The van der Waals surface area contributed by atoms with Crippen LogP contribution in [-0.4, -0.2) is 54.1 Å². The molecule has 6 nitrogen and oxygen atoms in total. The molecular formula is C41H59IO6Si2. The van der Waals surface area contributed by atoms with Gasteiger partial charge in [0.15, 0.2) is 20.4 Å². The van der Waals surface area contributed by atoms with Crippen molar-refractivity contribution in [1.82, 2.24) is 0 Å². The zero-order chi connectivity index (χ0) is 36.8. The molecule has 4 rings (SSSR count). The van der Waals surface area contributed by atoms with Crippen LogP contribution in [0.4, 0.5) is 0 Å². The van der Waals surface area contributed by atoms with Crippen molar-refractivity contribution in [2.24, 2.45) is 0 Å². The van der Waals surface area contributed by atoms with Gasteiger partial charge in [-0.1, -0.05) is 137 Å². The molecule has 1 aliphatic rings. The Bertz CT molecular complexity index is 1480. The van der Waals surface area contributed by atoms with Gasteiger partial charge in [0.05, 0.1) is 19.8 Å². The maximum atomic E-state index is 7.37. The van der Waals surface area contributed by atoms with Gasteiger partial charge in [-0.05, 0) is 75.2 Å². The zero-order valence-electron chi connectivity index (χ0n) is 32.0. The van der Waals surface area contributed by atoms with Gasteiger partial charge in [-0.2, -0.15) is 0 Å². The van der Waals surface area contributed by atoms with Crippen molar-refractivity contribution in [1.29, 1.82) is 0 Å². The van der Waals surface area contributed by atoms with E-state index in [9.17, 15) is 0 Å². The normalized spacial score (nSPS) is 20.7. The Morgan fingerprint density at radius 1 is 0.840 bits per heavy atom. The maximum absolute atomic E-state index is 7.37. The molecule has 3 aromatic carbocycles. The van der Waals surface area contributed by atoms with E-state index in [0.29, 0.717) is 26.1 Å². The number of rotatable bonds is 15. The van der Waals surface area contributed by atoms with Crippen LogP contribution in [-0.2, 0) is 29.7 Å². The van der Waals surface area contributed by atoms with E-state index in [0.717, 1.165) is 11.3 Å². The predicted octanol–water partition coefficient (Wildman–Crippen LogP) is 9.76. The summed E-state index contributed by atoms with van der Waals surface area (Å²) in [5.41, 5.74) is 0.296. The molecule has 0 radical (unpaired) electrons. The van der Waals surface area contributed by atoms with Gasteiger partial charge in [-0.3, -0.25) is 0 Å². The van der Waals surface area contributed by atoms with Crippen molar-refractivity contribution >= 4 is 49.6 Å². The summed E-state index contributed by atoms with van der Waals surface area (Å²) < 4.78 is 42.1. The minimum Gasteiger partial charge on any atom is -0.497 e. The summed E-state index contributed by atoms with van der Waals surface area (Å²) in [7, 11) is -3.29. The molecule has 3 aromatic rings. The Morgan fingerprint density at radius 2 is 1.40 bits per heavy atom. The second-order valence-corrected chi connectivity index (χ2v) is 26.1. The number of hydrogen-bond donors (Lipinski definition) is 0. The summed E-state index contributed by atoms with van der Waals surface area (Å²) in [6.07, 6.45) is 2.43. The van der Waals surface area contributed by atoms with Crippen LogP contribution in [0.2, 0.25) is 23.2 Å². The second kappa shape index (κ2) is 16.5. The van der Waals surface area contributed by atoms with E-state index in [4.69, 9.17) is 27.8 Å². The van der Waals surface area contributed by atoms with E-state index in [1.54, 1.807) is 7.11 Å². The highest BCUT2D eigenvalue weighted by molar-refractivity contribution is 14.1. The highest BCUT2D eigenvalue weighted by Gasteiger charge is 2.55. The number of hydrogen-bond acceptors (Lipinski definition) is 6. The fourth-order valence-electron chi connectivity index (χ4n) is 6.65. The lowest BCUT2D eigenvalue weighted by atomic mass is 9.91. The van der Waals surface area contributed by atoms with E-state index in [1.807, 2.05) is 42.2 Å². The largest absolute Gasteiger partial charge is 0.497 e. The number of benzene rings is 3. The molecule has 1 aliphatic heterocycles. The van der Waals surface area contributed by atoms with Crippen LogP contribution in [0, 0.1) is 0 Å². The molecule has 3 atom stereocenters. The van der Waals surface area contributed by atoms with E-state index in [1.165, 1.54) is 10.4 Å². The van der Waals surface area contributed by atoms with Gasteiger partial charge in [-0.25, -0.2) is 0 Å². The summed E-state index contributed by atoms with van der Waals surface area (Å²) in [4.78, 5) is 0. The molecule has 0 aromatic heterocycles. The van der Waals surface area contributed by atoms with Crippen molar-refractivity contribution < 1.29 is 27.8 Å². The molecule has 0 N–H and O–H groups in total. The smallest absolute Gasteiger partial charge is 0.261 e. The van der Waals surface area contributed by atoms with Crippen LogP contribution in [0.3, 0.4) is 0 Å². The first-order chi connectivity index (χ1) is 23.4. The fraction of sp³-hybridized carbons (Fsp3) is 0.512. The van der Waals surface area contributed by atoms with Gasteiger partial charge < -0.3 is 27.8 Å². The van der Waals surface area contributed by atoms with Crippen LogP contribution in [0.1, 0.15) is 73.8 Å². The molecule has 0 spiro atoms. The fourth-order valence-corrected chi connectivity index (χ4v) is 13.0. The highest BCUT2D eigenvalue weighted by Crippen LogP contribution is 2.45. The molecule has 9 heteroatoms.